The van der Waals surface area contributed by atoms with Crippen LogP contribution in [0.1, 0.15) is 34.7 Å². The number of benzene rings is 4. The van der Waals surface area contributed by atoms with E-state index in [2.05, 4.69) is 6.07 Å². The van der Waals surface area contributed by atoms with Crippen LogP contribution < -0.4 is 9.47 Å². The standard InChI is InChI=1S/C31H30O4/c1-3-26-27(18-30(32)33)31(25-16-10-11-22(2)17-25)29(35-21-24-14-8-5-9-15-24)19-28(26)34-20-23-12-6-4-7-13-23/h4-17,19H,3,18,20-21H2,1-2H3,(H,32,33). The Morgan fingerprint density at radius 2 is 1.34 bits per heavy atom. The third-order valence-electron chi connectivity index (χ3n) is 5.93. The maximum Gasteiger partial charge on any atom is 0.307 e. The SMILES string of the molecule is CCc1c(OCc2ccccc2)cc(OCc2ccccc2)c(-c2cccc(C)c2)c1CC(=O)O. The Labute approximate surface area is 206 Å². The van der Waals surface area contributed by atoms with Gasteiger partial charge in [0.2, 0.25) is 0 Å². The van der Waals surface area contributed by atoms with E-state index in [0.29, 0.717) is 31.1 Å². The van der Waals surface area contributed by atoms with E-state index in [0.717, 1.165) is 38.9 Å². The lowest BCUT2D eigenvalue weighted by molar-refractivity contribution is -0.136. The highest BCUT2D eigenvalue weighted by Gasteiger charge is 2.23. The van der Waals surface area contributed by atoms with E-state index in [1.54, 1.807) is 0 Å². The zero-order valence-corrected chi connectivity index (χ0v) is 20.2. The molecule has 0 amide bonds. The highest BCUT2D eigenvalue weighted by molar-refractivity contribution is 5.83. The monoisotopic (exact) mass is 466 g/mol. The van der Waals surface area contributed by atoms with Crippen LogP contribution in [0.2, 0.25) is 0 Å². The first-order valence-electron chi connectivity index (χ1n) is 11.9. The fourth-order valence-corrected chi connectivity index (χ4v) is 4.29. The van der Waals surface area contributed by atoms with Crippen molar-refractivity contribution in [2.75, 3.05) is 0 Å². The van der Waals surface area contributed by atoms with Gasteiger partial charge in [0.25, 0.3) is 0 Å². The Balaban J connectivity index is 1.84. The molecule has 0 fully saturated rings. The summed E-state index contributed by atoms with van der Waals surface area (Å²) in [5, 5.41) is 9.83. The minimum absolute atomic E-state index is 0.114. The molecule has 0 saturated heterocycles. The van der Waals surface area contributed by atoms with Crippen LogP contribution in [0.25, 0.3) is 11.1 Å². The first-order chi connectivity index (χ1) is 17.0. The minimum atomic E-state index is -0.886. The van der Waals surface area contributed by atoms with Gasteiger partial charge in [0, 0.05) is 11.6 Å². The molecule has 0 aliphatic heterocycles. The second kappa shape index (κ2) is 11.4. The van der Waals surface area contributed by atoms with E-state index < -0.39 is 5.97 Å². The normalized spacial score (nSPS) is 10.7. The minimum Gasteiger partial charge on any atom is -0.488 e. The summed E-state index contributed by atoms with van der Waals surface area (Å²) in [6.07, 6.45) is 0.529. The largest absolute Gasteiger partial charge is 0.488 e. The van der Waals surface area contributed by atoms with Gasteiger partial charge in [-0.2, -0.15) is 0 Å². The zero-order valence-electron chi connectivity index (χ0n) is 20.2. The molecule has 178 valence electrons. The summed E-state index contributed by atoms with van der Waals surface area (Å²) >= 11 is 0. The summed E-state index contributed by atoms with van der Waals surface area (Å²) in [7, 11) is 0. The van der Waals surface area contributed by atoms with Crippen LogP contribution in [0.4, 0.5) is 0 Å². The number of aliphatic carboxylic acids is 1. The van der Waals surface area contributed by atoms with Crippen molar-refractivity contribution in [1.82, 2.24) is 0 Å². The highest BCUT2D eigenvalue weighted by atomic mass is 16.5. The second-order valence-electron chi connectivity index (χ2n) is 8.55. The lowest BCUT2D eigenvalue weighted by atomic mass is 9.90. The molecule has 0 aromatic heterocycles. The Hall–Kier alpha value is -4.05. The van der Waals surface area contributed by atoms with Crippen molar-refractivity contribution in [3.63, 3.8) is 0 Å². The molecule has 4 aromatic rings. The molecule has 0 aliphatic carbocycles. The van der Waals surface area contributed by atoms with Crippen molar-refractivity contribution in [1.29, 1.82) is 0 Å². The summed E-state index contributed by atoms with van der Waals surface area (Å²) < 4.78 is 12.6. The van der Waals surface area contributed by atoms with Crippen molar-refractivity contribution in [3.05, 3.63) is 119 Å². The van der Waals surface area contributed by atoms with Crippen LogP contribution in [0.15, 0.2) is 91.0 Å². The quantitative estimate of drug-likeness (QED) is 0.273. The Kier molecular flexibility index (Phi) is 7.84. The second-order valence-corrected chi connectivity index (χ2v) is 8.55. The van der Waals surface area contributed by atoms with Crippen LogP contribution in [0, 0.1) is 6.92 Å². The molecule has 0 radical (unpaired) electrons. The van der Waals surface area contributed by atoms with Crippen molar-refractivity contribution < 1.29 is 19.4 Å². The molecule has 1 N–H and O–H groups in total. The first-order valence-corrected chi connectivity index (χ1v) is 11.9. The number of ether oxygens (including phenoxy) is 2. The smallest absolute Gasteiger partial charge is 0.307 e. The van der Waals surface area contributed by atoms with Crippen LogP contribution >= 0.6 is 0 Å². The number of rotatable bonds is 10. The molecule has 4 nitrogen and oxygen atoms in total. The van der Waals surface area contributed by atoms with Gasteiger partial charge in [-0.3, -0.25) is 4.79 Å². The Morgan fingerprint density at radius 3 is 1.89 bits per heavy atom. The molecule has 0 saturated carbocycles. The average Bonchev–Trinajstić information content (AvgIpc) is 2.87. The van der Waals surface area contributed by atoms with Gasteiger partial charge in [0.1, 0.15) is 24.7 Å². The van der Waals surface area contributed by atoms with Gasteiger partial charge in [-0.25, -0.2) is 0 Å². The van der Waals surface area contributed by atoms with E-state index in [9.17, 15) is 9.90 Å². The number of hydrogen-bond donors (Lipinski definition) is 1. The van der Waals surface area contributed by atoms with E-state index in [1.807, 2.05) is 98.8 Å². The van der Waals surface area contributed by atoms with Crippen LogP contribution in [-0.4, -0.2) is 11.1 Å². The predicted molar refractivity (Wildman–Crippen MR) is 139 cm³/mol. The lowest BCUT2D eigenvalue weighted by Crippen LogP contribution is -2.10. The third-order valence-corrected chi connectivity index (χ3v) is 5.93. The molecular weight excluding hydrogens is 436 g/mol. The number of aryl methyl sites for hydroxylation is 1. The van der Waals surface area contributed by atoms with Gasteiger partial charge in [-0.1, -0.05) is 97.4 Å². The highest BCUT2D eigenvalue weighted by Crippen LogP contribution is 2.42. The van der Waals surface area contributed by atoms with Crippen molar-refractivity contribution in [2.45, 2.75) is 39.9 Å². The lowest BCUT2D eigenvalue weighted by Gasteiger charge is -2.22. The van der Waals surface area contributed by atoms with Crippen molar-refractivity contribution in [2.24, 2.45) is 0 Å². The Morgan fingerprint density at radius 1 is 0.743 bits per heavy atom. The van der Waals surface area contributed by atoms with Crippen LogP contribution in [0.3, 0.4) is 0 Å². The van der Waals surface area contributed by atoms with Crippen LogP contribution in [-0.2, 0) is 30.8 Å². The average molecular weight is 467 g/mol. The molecule has 4 rings (SSSR count). The number of carboxylic acids is 1. The summed E-state index contributed by atoms with van der Waals surface area (Å²) in [5.74, 6) is 0.394. The molecule has 0 spiro atoms. The summed E-state index contributed by atoms with van der Waals surface area (Å²) in [6, 6.07) is 29.9. The maximum absolute atomic E-state index is 12.0. The molecule has 0 heterocycles. The molecular formula is C31H30O4. The van der Waals surface area contributed by atoms with Gasteiger partial charge in [-0.15, -0.1) is 0 Å². The van der Waals surface area contributed by atoms with Gasteiger partial charge in [0.05, 0.1) is 6.42 Å². The molecule has 35 heavy (non-hydrogen) atoms. The van der Waals surface area contributed by atoms with E-state index in [1.165, 1.54) is 0 Å². The Bertz CT molecular complexity index is 1280. The van der Waals surface area contributed by atoms with Gasteiger partial charge in [0.15, 0.2) is 0 Å². The molecule has 4 heteroatoms. The predicted octanol–water partition coefficient (Wildman–Crippen LogP) is 7.01. The summed E-state index contributed by atoms with van der Waals surface area (Å²) in [6.45, 7) is 4.82. The summed E-state index contributed by atoms with van der Waals surface area (Å²) in [5.41, 5.74) is 6.56. The van der Waals surface area contributed by atoms with E-state index in [4.69, 9.17) is 9.47 Å². The number of hydrogen-bond acceptors (Lipinski definition) is 3. The first kappa shape index (κ1) is 24.1. The third kappa shape index (κ3) is 6.10. The molecule has 0 aliphatic rings. The molecule has 0 unspecified atom stereocenters. The van der Waals surface area contributed by atoms with E-state index in [-0.39, 0.29) is 6.42 Å². The van der Waals surface area contributed by atoms with Crippen molar-refractivity contribution >= 4 is 5.97 Å². The maximum atomic E-state index is 12.0. The van der Waals surface area contributed by atoms with E-state index >= 15 is 0 Å². The molecule has 0 atom stereocenters. The zero-order chi connectivity index (χ0) is 24.6. The fraction of sp³-hybridized carbons (Fsp3) is 0.194. The molecule has 0 bridgehead atoms. The fourth-order valence-electron chi connectivity index (χ4n) is 4.29. The molecule has 4 aromatic carbocycles. The van der Waals surface area contributed by atoms with Crippen molar-refractivity contribution in [3.8, 4) is 22.6 Å². The van der Waals surface area contributed by atoms with Gasteiger partial charge in [-0.05, 0) is 41.2 Å². The summed E-state index contributed by atoms with van der Waals surface area (Å²) in [4.78, 5) is 12.0. The van der Waals surface area contributed by atoms with Gasteiger partial charge >= 0.3 is 5.97 Å². The van der Waals surface area contributed by atoms with Crippen LogP contribution in [0.5, 0.6) is 11.5 Å². The number of carbonyl (C=O) groups is 1. The topological polar surface area (TPSA) is 55.8 Å². The number of carboxylic acid groups (broad SMARTS) is 1. The van der Waals surface area contributed by atoms with Gasteiger partial charge < -0.3 is 14.6 Å².